The zero-order valence-corrected chi connectivity index (χ0v) is 19.4. The van der Waals surface area contributed by atoms with Crippen molar-refractivity contribution in [2.45, 2.75) is 37.5 Å². The molecule has 0 bridgehead atoms. The van der Waals surface area contributed by atoms with Gasteiger partial charge in [0.25, 0.3) is 0 Å². The average Bonchev–Trinajstić information content (AvgIpc) is 3.31. The third kappa shape index (κ3) is 4.71. The molecular weight excluding hydrogens is 426 g/mol. The van der Waals surface area contributed by atoms with E-state index in [2.05, 4.69) is 62.3 Å². The summed E-state index contributed by atoms with van der Waals surface area (Å²) < 4.78 is 2.24. The number of aryl methyl sites for hydroxylation is 1. The van der Waals surface area contributed by atoms with Crippen LogP contribution in [0.15, 0.2) is 46.9 Å². The highest BCUT2D eigenvalue weighted by atomic mass is 32.2. The molecule has 1 saturated heterocycles. The Morgan fingerprint density at radius 3 is 2.61 bits per heavy atom. The second-order valence-corrected chi connectivity index (χ2v) is 10.1. The van der Waals surface area contributed by atoms with E-state index in [4.69, 9.17) is 0 Å². The van der Waals surface area contributed by atoms with E-state index >= 15 is 0 Å². The normalized spacial score (nSPS) is 17.3. The molecule has 31 heavy (non-hydrogen) atoms. The Labute approximate surface area is 191 Å². The molecule has 162 valence electrons. The van der Waals surface area contributed by atoms with Crippen LogP contribution in [-0.2, 0) is 11.3 Å². The molecule has 1 aliphatic heterocycles. The van der Waals surface area contributed by atoms with Crippen LogP contribution < -0.4 is 0 Å². The maximum Gasteiger partial charge on any atom is 0.233 e. The fourth-order valence-electron chi connectivity index (χ4n) is 4.01. The number of carbonyl (C=O) groups excluding carboxylic acids is 1. The second kappa shape index (κ2) is 9.14. The molecule has 1 aliphatic carbocycles. The van der Waals surface area contributed by atoms with Crippen molar-refractivity contribution in [1.82, 2.24) is 24.6 Å². The van der Waals surface area contributed by atoms with Crippen molar-refractivity contribution in [2.24, 2.45) is 0 Å². The van der Waals surface area contributed by atoms with Gasteiger partial charge in [0.1, 0.15) is 0 Å². The van der Waals surface area contributed by atoms with Crippen LogP contribution in [0.25, 0.3) is 10.7 Å². The maximum absolute atomic E-state index is 12.9. The fourth-order valence-corrected chi connectivity index (χ4v) is 5.63. The van der Waals surface area contributed by atoms with Gasteiger partial charge in [0.2, 0.25) is 5.91 Å². The van der Waals surface area contributed by atoms with Gasteiger partial charge in [0, 0.05) is 38.8 Å². The van der Waals surface area contributed by atoms with Crippen LogP contribution in [0, 0.1) is 6.92 Å². The molecule has 2 aromatic heterocycles. The molecule has 5 rings (SSSR count). The third-order valence-corrected chi connectivity index (χ3v) is 7.82. The molecule has 0 unspecified atom stereocenters. The molecule has 3 heterocycles. The Morgan fingerprint density at radius 1 is 1.10 bits per heavy atom. The maximum atomic E-state index is 12.9. The van der Waals surface area contributed by atoms with Gasteiger partial charge in [-0.1, -0.05) is 42.1 Å². The van der Waals surface area contributed by atoms with Gasteiger partial charge < -0.3 is 4.90 Å². The number of nitrogens with zero attached hydrogens (tertiary/aromatic N) is 5. The van der Waals surface area contributed by atoms with Gasteiger partial charge >= 0.3 is 0 Å². The van der Waals surface area contributed by atoms with Crippen molar-refractivity contribution in [3.8, 4) is 10.7 Å². The van der Waals surface area contributed by atoms with Crippen molar-refractivity contribution in [1.29, 1.82) is 0 Å². The monoisotopic (exact) mass is 453 g/mol. The highest BCUT2D eigenvalue weighted by Crippen LogP contribution is 2.41. The number of aromatic nitrogens is 3. The standard InChI is InChI=1S/C23H27N5OS2/c1-17-5-2-3-6-18(17)15-26-10-12-27(13-11-26)21(29)16-31-23-25-24-22(20-7-4-14-30-20)28(23)19-8-9-19/h2-7,14,19H,8-13,15-16H2,1H3. The topological polar surface area (TPSA) is 54.3 Å². The quantitative estimate of drug-likeness (QED) is 0.505. The van der Waals surface area contributed by atoms with Crippen LogP contribution in [0.5, 0.6) is 0 Å². The van der Waals surface area contributed by atoms with E-state index in [9.17, 15) is 4.79 Å². The Balaban J connectivity index is 1.16. The summed E-state index contributed by atoms with van der Waals surface area (Å²) in [5, 5.41) is 11.8. The zero-order valence-electron chi connectivity index (χ0n) is 17.7. The lowest BCUT2D eigenvalue weighted by molar-refractivity contribution is -0.130. The van der Waals surface area contributed by atoms with Gasteiger partial charge in [-0.3, -0.25) is 14.3 Å². The highest BCUT2D eigenvalue weighted by Gasteiger charge is 2.31. The number of hydrogen-bond donors (Lipinski definition) is 0. The minimum absolute atomic E-state index is 0.198. The lowest BCUT2D eigenvalue weighted by Crippen LogP contribution is -2.48. The van der Waals surface area contributed by atoms with Gasteiger partial charge in [-0.05, 0) is 42.3 Å². The van der Waals surface area contributed by atoms with Crippen molar-refractivity contribution in [3.63, 3.8) is 0 Å². The molecule has 1 saturated carbocycles. The Hall–Kier alpha value is -2.16. The van der Waals surface area contributed by atoms with Gasteiger partial charge in [-0.2, -0.15) is 0 Å². The van der Waals surface area contributed by atoms with Crippen LogP contribution in [0.1, 0.15) is 30.0 Å². The lowest BCUT2D eigenvalue weighted by atomic mass is 10.1. The van der Waals surface area contributed by atoms with E-state index in [1.165, 1.54) is 35.7 Å². The predicted octanol–water partition coefficient (Wildman–Crippen LogP) is 4.09. The molecule has 8 heteroatoms. The first-order chi connectivity index (χ1) is 15.2. The van der Waals surface area contributed by atoms with Gasteiger partial charge in [0.15, 0.2) is 11.0 Å². The molecule has 6 nitrogen and oxygen atoms in total. The predicted molar refractivity (Wildman–Crippen MR) is 125 cm³/mol. The molecule has 0 atom stereocenters. The molecule has 0 spiro atoms. The molecule has 2 aliphatic rings. The van der Waals surface area contributed by atoms with E-state index in [0.29, 0.717) is 11.8 Å². The minimum atomic E-state index is 0.198. The summed E-state index contributed by atoms with van der Waals surface area (Å²) in [7, 11) is 0. The van der Waals surface area contributed by atoms with Crippen molar-refractivity contribution in [3.05, 3.63) is 52.9 Å². The number of piperazine rings is 1. The van der Waals surface area contributed by atoms with Crippen LogP contribution in [0.3, 0.4) is 0 Å². The van der Waals surface area contributed by atoms with E-state index in [0.717, 1.165) is 48.6 Å². The number of carbonyl (C=O) groups is 1. The van der Waals surface area contributed by atoms with E-state index in [-0.39, 0.29) is 5.91 Å². The third-order valence-electron chi connectivity index (χ3n) is 6.02. The van der Waals surface area contributed by atoms with Crippen molar-refractivity contribution in [2.75, 3.05) is 31.9 Å². The first kappa shape index (κ1) is 20.7. The zero-order chi connectivity index (χ0) is 21.2. The largest absolute Gasteiger partial charge is 0.339 e. The lowest BCUT2D eigenvalue weighted by Gasteiger charge is -2.35. The minimum Gasteiger partial charge on any atom is -0.339 e. The van der Waals surface area contributed by atoms with Crippen molar-refractivity contribution >= 4 is 29.0 Å². The van der Waals surface area contributed by atoms with Crippen LogP contribution in [0.2, 0.25) is 0 Å². The van der Waals surface area contributed by atoms with Gasteiger partial charge in [-0.25, -0.2) is 0 Å². The van der Waals surface area contributed by atoms with E-state index in [1.54, 1.807) is 11.3 Å². The number of rotatable bonds is 7. The summed E-state index contributed by atoms with van der Waals surface area (Å²) >= 11 is 3.21. The molecular formula is C23H27N5OS2. The van der Waals surface area contributed by atoms with E-state index < -0.39 is 0 Å². The Kier molecular flexibility index (Phi) is 6.11. The van der Waals surface area contributed by atoms with E-state index in [1.807, 2.05) is 11.0 Å². The number of thiophene rings is 1. The smallest absolute Gasteiger partial charge is 0.233 e. The molecule has 0 N–H and O–H groups in total. The van der Waals surface area contributed by atoms with Crippen molar-refractivity contribution < 1.29 is 4.79 Å². The summed E-state index contributed by atoms with van der Waals surface area (Å²) in [4.78, 5) is 18.4. The second-order valence-electron chi connectivity index (χ2n) is 8.26. The molecule has 1 aromatic carbocycles. The molecule has 1 amide bonds. The first-order valence-corrected chi connectivity index (χ1v) is 12.7. The van der Waals surface area contributed by atoms with Gasteiger partial charge in [0.05, 0.1) is 10.6 Å². The summed E-state index contributed by atoms with van der Waals surface area (Å²) in [6, 6.07) is 13.2. The Morgan fingerprint density at radius 2 is 1.90 bits per heavy atom. The average molecular weight is 454 g/mol. The van der Waals surface area contributed by atoms with Crippen LogP contribution in [0.4, 0.5) is 0 Å². The Bertz CT molecular complexity index is 1040. The number of hydrogen-bond acceptors (Lipinski definition) is 6. The number of benzene rings is 1. The number of thioether (sulfide) groups is 1. The molecule has 0 radical (unpaired) electrons. The van der Waals surface area contributed by atoms with Gasteiger partial charge in [-0.15, -0.1) is 21.5 Å². The molecule has 2 fully saturated rings. The van der Waals surface area contributed by atoms with Crippen LogP contribution >= 0.6 is 23.1 Å². The van der Waals surface area contributed by atoms with Crippen LogP contribution in [-0.4, -0.2) is 62.4 Å². The summed E-state index contributed by atoms with van der Waals surface area (Å²) in [6.07, 6.45) is 2.33. The summed E-state index contributed by atoms with van der Waals surface area (Å²) in [5.41, 5.74) is 2.71. The summed E-state index contributed by atoms with van der Waals surface area (Å²) in [5.74, 6) is 1.56. The first-order valence-electron chi connectivity index (χ1n) is 10.9. The summed E-state index contributed by atoms with van der Waals surface area (Å²) in [6.45, 7) is 6.55. The fraction of sp³-hybridized carbons (Fsp3) is 0.435. The number of amides is 1. The SMILES string of the molecule is Cc1ccccc1CN1CCN(C(=O)CSc2nnc(-c3cccs3)n2C2CC2)CC1. The highest BCUT2D eigenvalue weighted by molar-refractivity contribution is 7.99. The molecule has 3 aromatic rings.